The predicted octanol–water partition coefficient (Wildman–Crippen LogP) is 2.31. The average Bonchev–Trinajstić information content (AvgIpc) is 2.25. The van der Waals surface area contributed by atoms with E-state index in [4.69, 9.17) is 0 Å². The van der Waals surface area contributed by atoms with E-state index in [0.29, 0.717) is 0 Å². The van der Waals surface area contributed by atoms with Crippen molar-refractivity contribution in [3.63, 3.8) is 0 Å². The molecule has 0 amide bonds. The van der Waals surface area contributed by atoms with Crippen molar-refractivity contribution < 1.29 is 27.6 Å². The Morgan fingerprint density at radius 2 is 1.94 bits per heavy atom. The fourth-order valence-electron chi connectivity index (χ4n) is 1.03. The Kier molecular flexibility index (Phi) is 3.66. The fourth-order valence-corrected chi connectivity index (χ4v) is 1.03. The van der Waals surface area contributed by atoms with E-state index in [0.717, 1.165) is 12.1 Å². The summed E-state index contributed by atoms with van der Waals surface area (Å²) in [6, 6.07) is 4.61. The number of rotatable bonds is 3. The van der Waals surface area contributed by atoms with Crippen LogP contribution in [-0.4, -0.2) is 23.7 Å². The van der Waals surface area contributed by atoms with E-state index in [2.05, 4.69) is 4.74 Å². The molecule has 17 heavy (non-hydrogen) atoms. The lowest BCUT2D eigenvalue weighted by Crippen LogP contribution is -2.20. The third kappa shape index (κ3) is 3.74. The third-order valence-corrected chi connectivity index (χ3v) is 1.69. The summed E-state index contributed by atoms with van der Waals surface area (Å²) in [4.78, 5) is 20.8. The first-order valence-corrected chi connectivity index (χ1v) is 4.28. The van der Waals surface area contributed by atoms with Crippen LogP contribution in [-0.2, 0) is 4.74 Å². The number of nitro benzene ring substituents is 1. The van der Waals surface area contributed by atoms with Gasteiger partial charge < -0.3 is 4.74 Å². The predicted molar refractivity (Wildman–Crippen MR) is 49.4 cm³/mol. The number of carbonyl (C=O) groups excluding carboxylic acids is 1. The number of alkyl halides is 3. The minimum Gasteiger partial charge on any atom is -0.452 e. The molecular weight excluding hydrogens is 243 g/mol. The van der Waals surface area contributed by atoms with Crippen LogP contribution in [0.4, 0.5) is 18.9 Å². The van der Waals surface area contributed by atoms with Crippen molar-refractivity contribution in [1.29, 1.82) is 0 Å². The molecule has 0 unspecified atom stereocenters. The number of carbonyl (C=O) groups is 1. The minimum atomic E-state index is -4.67. The number of benzene rings is 1. The van der Waals surface area contributed by atoms with E-state index >= 15 is 0 Å². The van der Waals surface area contributed by atoms with Gasteiger partial charge in [0.15, 0.2) is 6.61 Å². The molecule has 0 radical (unpaired) electrons. The Labute approximate surface area is 93.0 Å². The van der Waals surface area contributed by atoms with Gasteiger partial charge in [0.05, 0.1) is 4.92 Å². The Morgan fingerprint density at radius 1 is 1.35 bits per heavy atom. The zero-order valence-corrected chi connectivity index (χ0v) is 8.23. The van der Waals surface area contributed by atoms with Crippen molar-refractivity contribution in [2.45, 2.75) is 6.18 Å². The first-order valence-electron chi connectivity index (χ1n) is 4.28. The van der Waals surface area contributed by atoms with E-state index in [1.165, 1.54) is 12.1 Å². The van der Waals surface area contributed by atoms with Crippen LogP contribution < -0.4 is 0 Å². The van der Waals surface area contributed by atoms with Crippen LogP contribution in [0.2, 0.25) is 0 Å². The number of nitrogens with zero attached hydrogens (tertiary/aromatic N) is 1. The normalized spacial score (nSPS) is 11.0. The molecule has 0 aliphatic rings. The summed E-state index contributed by atoms with van der Waals surface area (Å²) in [5, 5.41) is 10.5. The summed E-state index contributed by atoms with van der Waals surface area (Å²) < 4.78 is 39.3. The minimum absolute atomic E-state index is 0.512. The SMILES string of the molecule is O=C(OCC(F)(F)F)c1ccccc1[N+](=O)[O-]. The van der Waals surface area contributed by atoms with Crippen LogP contribution in [0, 0.1) is 10.1 Å². The van der Waals surface area contributed by atoms with Crippen molar-refractivity contribution in [3.05, 3.63) is 39.9 Å². The molecule has 92 valence electrons. The molecule has 0 aromatic heterocycles. The van der Waals surface area contributed by atoms with Gasteiger partial charge in [-0.25, -0.2) is 4.79 Å². The Balaban J connectivity index is 2.86. The van der Waals surface area contributed by atoms with E-state index in [1.807, 2.05) is 0 Å². The van der Waals surface area contributed by atoms with Gasteiger partial charge >= 0.3 is 12.1 Å². The fraction of sp³-hybridized carbons (Fsp3) is 0.222. The van der Waals surface area contributed by atoms with Crippen molar-refractivity contribution >= 4 is 11.7 Å². The number of hydrogen-bond donors (Lipinski definition) is 0. The quantitative estimate of drug-likeness (QED) is 0.468. The van der Waals surface area contributed by atoms with E-state index in [9.17, 15) is 28.1 Å². The average molecular weight is 249 g/mol. The molecule has 0 bridgehead atoms. The Morgan fingerprint density at radius 3 is 2.47 bits per heavy atom. The zero-order chi connectivity index (χ0) is 13.1. The van der Waals surface area contributed by atoms with Gasteiger partial charge in [0, 0.05) is 6.07 Å². The number of nitro groups is 1. The second-order valence-electron chi connectivity index (χ2n) is 2.97. The summed E-state index contributed by atoms with van der Waals surface area (Å²) in [5.41, 5.74) is -1.11. The van der Waals surface area contributed by atoms with E-state index < -0.39 is 34.9 Å². The van der Waals surface area contributed by atoms with Crippen LogP contribution >= 0.6 is 0 Å². The van der Waals surface area contributed by atoms with Crippen LogP contribution in [0.15, 0.2) is 24.3 Å². The van der Waals surface area contributed by atoms with Crippen molar-refractivity contribution in [2.75, 3.05) is 6.61 Å². The standard InChI is InChI=1S/C9H6F3NO4/c10-9(11,12)5-17-8(14)6-3-1-2-4-7(6)13(15)16/h1-4H,5H2. The lowest BCUT2D eigenvalue weighted by molar-refractivity contribution is -0.385. The number of ether oxygens (including phenoxy) is 1. The molecule has 0 saturated carbocycles. The topological polar surface area (TPSA) is 69.4 Å². The molecule has 1 aromatic rings. The molecule has 5 nitrogen and oxygen atoms in total. The smallest absolute Gasteiger partial charge is 0.422 e. The highest BCUT2D eigenvalue weighted by Crippen LogP contribution is 2.20. The van der Waals surface area contributed by atoms with Crippen LogP contribution in [0.25, 0.3) is 0 Å². The molecule has 0 aliphatic heterocycles. The molecule has 0 heterocycles. The highest BCUT2D eigenvalue weighted by atomic mass is 19.4. The molecule has 0 atom stereocenters. The van der Waals surface area contributed by atoms with Crippen LogP contribution in [0.1, 0.15) is 10.4 Å². The maximum atomic E-state index is 11.8. The first kappa shape index (κ1) is 12.9. The van der Waals surface area contributed by atoms with Crippen molar-refractivity contribution in [1.82, 2.24) is 0 Å². The molecule has 1 rings (SSSR count). The van der Waals surface area contributed by atoms with Gasteiger partial charge in [-0.05, 0) is 6.07 Å². The van der Waals surface area contributed by atoms with Crippen molar-refractivity contribution in [3.8, 4) is 0 Å². The van der Waals surface area contributed by atoms with Crippen LogP contribution in [0.5, 0.6) is 0 Å². The monoisotopic (exact) mass is 249 g/mol. The number of esters is 1. The highest BCUT2D eigenvalue weighted by molar-refractivity contribution is 5.93. The molecule has 0 N–H and O–H groups in total. The first-order chi connectivity index (χ1) is 7.81. The van der Waals surface area contributed by atoms with Gasteiger partial charge in [0.2, 0.25) is 0 Å². The maximum absolute atomic E-state index is 11.8. The lowest BCUT2D eigenvalue weighted by atomic mass is 10.2. The van der Waals surface area contributed by atoms with Gasteiger partial charge in [0.1, 0.15) is 5.56 Å². The number of halogens is 3. The summed E-state index contributed by atoms with van der Waals surface area (Å²) in [6.07, 6.45) is -4.67. The molecule has 0 aliphatic carbocycles. The number of hydrogen-bond acceptors (Lipinski definition) is 4. The van der Waals surface area contributed by atoms with Gasteiger partial charge in [-0.2, -0.15) is 13.2 Å². The molecule has 1 aromatic carbocycles. The van der Waals surface area contributed by atoms with Gasteiger partial charge in [-0.15, -0.1) is 0 Å². The Hall–Kier alpha value is -2.12. The summed E-state index contributed by atoms with van der Waals surface area (Å²) in [7, 11) is 0. The summed E-state index contributed by atoms with van der Waals surface area (Å²) in [6.45, 7) is -1.78. The van der Waals surface area contributed by atoms with Gasteiger partial charge in [-0.3, -0.25) is 10.1 Å². The lowest BCUT2D eigenvalue weighted by Gasteiger charge is -2.07. The molecule has 0 saturated heterocycles. The third-order valence-electron chi connectivity index (χ3n) is 1.69. The van der Waals surface area contributed by atoms with Crippen molar-refractivity contribution in [2.24, 2.45) is 0 Å². The summed E-state index contributed by atoms with van der Waals surface area (Å²) >= 11 is 0. The van der Waals surface area contributed by atoms with Crippen LogP contribution in [0.3, 0.4) is 0 Å². The van der Waals surface area contributed by atoms with E-state index in [1.54, 1.807) is 0 Å². The largest absolute Gasteiger partial charge is 0.452 e. The maximum Gasteiger partial charge on any atom is 0.422 e. The molecular formula is C9H6F3NO4. The van der Waals surface area contributed by atoms with Gasteiger partial charge in [0.25, 0.3) is 5.69 Å². The molecule has 0 spiro atoms. The zero-order valence-electron chi connectivity index (χ0n) is 8.23. The Bertz CT molecular complexity index is 444. The molecule has 8 heteroatoms. The highest BCUT2D eigenvalue weighted by Gasteiger charge is 2.31. The van der Waals surface area contributed by atoms with Gasteiger partial charge in [-0.1, -0.05) is 12.1 Å². The summed E-state index contributed by atoms with van der Waals surface area (Å²) in [5.74, 6) is -1.38. The number of para-hydroxylation sites is 1. The van der Waals surface area contributed by atoms with E-state index in [-0.39, 0.29) is 0 Å². The second-order valence-corrected chi connectivity index (χ2v) is 2.97. The second kappa shape index (κ2) is 4.81. The molecule has 0 fully saturated rings.